The summed E-state index contributed by atoms with van der Waals surface area (Å²) in [4.78, 5) is 24.0. The van der Waals surface area contributed by atoms with Crippen LogP contribution in [0.5, 0.6) is 5.75 Å². The second kappa shape index (κ2) is 5.33. The first kappa shape index (κ1) is 15.3. The smallest absolute Gasteiger partial charge is 0.313 e. The van der Waals surface area contributed by atoms with Gasteiger partial charge in [0, 0.05) is 24.2 Å². The predicted molar refractivity (Wildman–Crippen MR) is 77.2 cm³/mol. The summed E-state index contributed by atoms with van der Waals surface area (Å²) >= 11 is 0. The van der Waals surface area contributed by atoms with E-state index in [0.717, 1.165) is 0 Å². The van der Waals surface area contributed by atoms with Gasteiger partial charge < -0.3 is 14.9 Å². The maximum atomic E-state index is 12.5. The van der Waals surface area contributed by atoms with Crippen molar-refractivity contribution in [1.82, 2.24) is 0 Å². The number of aromatic hydroxyl groups is 1. The third-order valence-electron chi connectivity index (χ3n) is 4.33. The molecule has 0 saturated heterocycles. The molecule has 1 aromatic carbocycles. The second-order valence-corrected chi connectivity index (χ2v) is 5.32. The van der Waals surface area contributed by atoms with Gasteiger partial charge in [-0.3, -0.25) is 9.59 Å². The number of ether oxygens (including phenoxy) is 1. The van der Waals surface area contributed by atoms with Crippen LogP contribution in [0.1, 0.15) is 29.3 Å². The predicted octanol–water partition coefficient (Wildman–Crippen LogP) is 2.34. The van der Waals surface area contributed by atoms with Crippen molar-refractivity contribution < 1.29 is 24.5 Å². The van der Waals surface area contributed by atoms with Gasteiger partial charge in [-0.2, -0.15) is 0 Å². The number of carbonyl (C=O) groups is 2. The molecule has 0 aliphatic heterocycles. The minimum atomic E-state index is -1.15. The molecule has 1 aliphatic carbocycles. The van der Waals surface area contributed by atoms with Crippen LogP contribution in [0.2, 0.25) is 0 Å². The van der Waals surface area contributed by atoms with Crippen molar-refractivity contribution in [2.45, 2.75) is 19.4 Å². The second-order valence-electron chi connectivity index (χ2n) is 5.32. The zero-order chi connectivity index (χ0) is 15.8. The lowest BCUT2D eigenvalue weighted by Gasteiger charge is -2.19. The standard InChI is InChI=1S/C16H18O5/c1-4-10-7-11(5-6-13(10)17)14(18)12-8-16(12,15(19)20)9(2)21-3/h4-7,9,12,17H,1,8H2,2-3H3,(H,19,20). The van der Waals surface area contributed by atoms with E-state index < -0.39 is 23.4 Å². The molecule has 0 spiro atoms. The minimum absolute atomic E-state index is 0.0344. The number of carboxylic acid groups (broad SMARTS) is 1. The highest BCUT2D eigenvalue weighted by atomic mass is 16.5. The molecule has 112 valence electrons. The van der Waals surface area contributed by atoms with Gasteiger partial charge in [0.1, 0.15) is 11.2 Å². The first-order valence-corrected chi connectivity index (χ1v) is 6.64. The summed E-state index contributed by atoms with van der Waals surface area (Å²) in [7, 11) is 1.44. The zero-order valence-electron chi connectivity index (χ0n) is 12.0. The van der Waals surface area contributed by atoms with Crippen LogP contribution in [0.4, 0.5) is 0 Å². The average molecular weight is 290 g/mol. The number of benzene rings is 1. The molecule has 5 heteroatoms. The van der Waals surface area contributed by atoms with Crippen molar-refractivity contribution in [3.8, 4) is 5.75 Å². The normalized spacial score (nSPS) is 25.1. The van der Waals surface area contributed by atoms with Gasteiger partial charge in [0.2, 0.25) is 0 Å². The molecule has 2 rings (SSSR count). The van der Waals surface area contributed by atoms with E-state index in [4.69, 9.17) is 4.74 Å². The summed E-state index contributed by atoms with van der Waals surface area (Å²) < 4.78 is 5.13. The average Bonchev–Trinajstić information content (AvgIpc) is 3.23. The quantitative estimate of drug-likeness (QED) is 0.786. The van der Waals surface area contributed by atoms with Crippen LogP contribution in [0, 0.1) is 11.3 Å². The van der Waals surface area contributed by atoms with Crippen molar-refractivity contribution in [1.29, 1.82) is 0 Å². The third-order valence-corrected chi connectivity index (χ3v) is 4.33. The van der Waals surface area contributed by atoms with Gasteiger partial charge in [-0.25, -0.2) is 0 Å². The fourth-order valence-electron chi connectivity index (χ4n) is 2.75. The lowest BCUT2D eigenvalue weighted by Crippen LogP contribution is -2.33. The molecule has 3 unspecified atom stereocenters. The Morgan fingerprint density at radius 2 is 2.19 bits per heavy atom. The molecule has 3 atom stereocenters. The molecule has 0 bridgehead atoms. The summed E-state index contributed by atoms with van der Waals surface area (Å²) in [5.41, 5.74) is -0.334. The van der Waals surface area contributed by atoms with Gasteiger partial charge in [-0.05, 0) is 31.5 Å². The van der Waals surface area contributed by atoms with Gasteiger partial charge in [0.15, 0.2) is 5.78 Å². The molecule has 0 aromatic heterocycles. The van der Waals surface area contributed by atoms with Crippen LogP contribution in [-0.2, 0) is 9.53 Å². The van der Waals surface area contributed by atoms with Gasteiger partial charge in [-0.1, -0.05) is 12.7 Å². The molecular weight excluding hydrogens is 272 g/mol. The zero-order valence-corrected chi connectivity index (χ0v) is 12.0. The first-order chi connectivity index (χ1) is 9.88. The Bertz CT molecular complexity index is 607. The van der Waals surface area contributed by atoms with E-state index in [9.17, 15) is 19.8 Å². The van der Waals surface area contributed by atoms with Crippen LogP contribution >= 0.6 is 0 Å². The number of phenolic OH excluding ortho intramolecular Hbond substituents is 1. The lowest BCUT2D eigenvalue weighted by atomic mass is 9.92. The molecule has 1 aliphatic rings. The van der Waals surface area contributed by atoms with Crippen molar-refractivity contribution in [2.24, 2.45) is 11.3 Å². The Kier molecular flexibility index (Phi) is 3.87. The van der Waals surface area contributed by atoms with E-state index in [1.54, 1.807) is 6.92 Å². The highest BCUT2D eigenvalue weighted by Gasteiger charge is 2.67. The van der Waals surface area contributed by atoms with Gasteiger partial charge in [-0.15, -0.1) is 0 Å². The van der Waals surface area contributed by atoms with Crippen LogP contribution in [0.25, 0.3) is 6.08 Å². The summed E-state index contributed by atoms with van der Waals surface area (Å²) in [5.74, 6) is -1.83. The Morgan fingerprint density at radius 3 is 2.71 bits per heavy atom. The molecule has 0 radical (unpaired) electrons. The van der Waals surface area contributed by atoms with Gasteiger partial charge in [0.05, 0.1) is 6.10 Å². The van der Waals surface area contributed by atoms with Crippen LogP contribution in [0.3, 0.4) is 0 Å². The van der Waals surface area contributed by atoms with E-state index in [0.29, 0.717) is 11.1 Å². The number of hydrogen-bond donors (Lipinski definition) is 2. The Morgan fingerprint density at radius 1 is 1.52 bits per heavy atom. The molecule has 1 aromatic rings. The molecule has 21 heavy (non-hydrogen) atoms. The fraction of sp³-hybridized carbons (Fsp3) is 0.375. The summed E-state index contributed by atoms with van der Waals surface area (Å²) in [5, 5.41) is 19.0. The molecule has 2 N–H and O–H groups in total. The number of ketones is 1. The number of carbonyl (C=O) groups excluding carboxylic acids is 1. The largest absolute Gasteiger partial charge is 0.507 e. The maximum Gasteiger partial charge on any atom is 0.313 e. The third kappa shape index (κ3) is 2.34. The molecule has 5 nitrogen and oxygen atoms in total. The van der Waals surface area contributed by atoms with Gasteiger partial charge >= 0.3 is 5.97 Å². The highest BCUT2D eigenvalue weighted by molar-refractivity contribution is 6.05. The summed E-state index contributed by atoms with van der Waals surface area (Å²) in [6, 6.07) is 4.43. The number of aliphatic carboxylic acids is 1. The summed E-state index contributed by atoms with van der Waals surface area (Å²) in [6.45, 7) is 5.23. The van der Waals surface area contributed by atoms with Crippen molar-refractivity contribution in [3.63, 3.8) is 0 Å². The Balaban J connectivity index is 2.30. The first-order valence-electron chi connectivity index (χ1n) is 6.64. The monoisotopic (exact) mass is 290 g/mol. The van der Waals surface area contributed by atoms with E-state index in [1.807, 2.05) is 0 Å². The maximum absolute atomic E-state index is 12.5. The number of carboxylic acids is 1. The van der Waals surface area contributed by atoms with E-state index >= 15 is 0 Å². The van der Waals surface area contributed by atoms with E-state index in [-0.39, 0.29) is 18.0 Å². The van der Waals surface area contributed by atoms with Crippen LogP contribution in [-0.4, -0.2) is 35.2 Å². The lowest BCUT2D eigenvalue weighted by molar-refractivity contribution is -0.149. The number of rotatable bonds is 6. The van der Waals surface area contributed by atoms with E-state index in [2.05, 4.69) is 6.58 Å². The summed E-state index contributed by atoms with van der Waals surface area (Å²) in [6.07, 6.45) is 1.17. The van der Waals surface area contributed by atoms with Crippen molar-refractivity contribution >= 4 is 17.8 Å². The van der Waals surface area contributed by atoms with Crippen molar-refractivity contribution in [3.05, 3.63) is 35.9 Å². The molecule has 1 saturated carbocycles. The number of methoxy groups -OCH3 is 1. The molecule has 0 heterocycles. The topological polar surface area (TPSA) is 83.8 Å². The van der Waals surface area contributed by atoms with Crippen LogP contribution in [0.15, 0.2) is 24.8 Å². The molecule has 1 fully saturated rings. The Hall–Kier alpha value is -2.14. The SMILES string of the molecule is C=Cc1cc(C(=O)C2CC2(C(=O)O)C(C)OC)ccc1O. The fourth-order valence-corrected chi connectivity index (χ4v) is 2.75. The number of Topliss-reactive ketones (excluding diaryl/α,β-unsaturated/α-hetero) is 1. The van der Waals surface area contributed by atoms with Gasteiger partial charge in [0.25, 0.3) is 0 Å². The molecule has 0 amide bonds. The minimum Gasteiger partial charge on any atom is -0.507 e. The highest BCUT2D eigenvalue weighted by Crippen LogP contribution is 2.57. The molecular formula is C16H18O5. The Labute approximate surface area is 122 Å². The van der Waals surface area contributed by atoms with Crippen molar-refractivity contribution in [2.75, 3.05) is 7.11 Å². The van der Waals surface area contributed by atoms with Crippen LogP contribution < -0.4 is 0 Å². The number of hydrogen-bond acceptors (Lipinski definition) is 4. The van der Waals surface area contributed by atoms with E-state index in [1.165, 1.54) is 31.4 Å². The number of phenols is 1.